The molecule has 0 amide bonds. The second-order valence-corrected chi connectivity index (χ2v) is 9.31. The number of anilines is 3. The smallest absolute Gasteiger partial charge is 0.368 e. The average molecular weight is 528 g/mol. The Morgan fingerprint density at radius 3 is 2.09 bits per heavy atom. The molecule has 3 N–H and O–H groups in total. The van der Waals surface area contributed by atoms with Gasteiger partial charge in [-0.25, -0.2) is 0 Å². The number of nitrogens with zero attached hydrogens (tertiary/aromatic N) is 3. The summed E-state index contributed by atoms with van der Waals surface area (Å²) in [7, 11) is -4.69. The summed E-state index contributed by atoms with van der Waals surface area (Å²) in [6.45, 7) is -0.00812. The fourth-order valence-electron chi connectivity index (χ4n) is 3.63. The van der Waals surface area contributed by atoms with Crippen LogP contribution >= 0.6 is 7.60 Å². The number of hydrogen-bond acceptors (Lipinski definition) is 6. The maximum atomic E-state index is 13.7. The molecule has 1 aliphatic rings. The molecule has 0 spiro atoms. The van der Waals surface area contributed by atoms with Gasteiger partial charge in [-0.3, -0.25) is 14.7 Å². The van der Waals surface area contributed by atoms with Crippen molar-refractivity contribution in [3.8, 4) is 0 Å². The molecule has 192 valence electrons. The zero-order valence-electron chi connectivity index (χ0n) is 17.7. The lowest BCUT2D eigenvalue weighted by atomic mass is 10.1. The van der Waals surface area contributed by atoms with Crippen LogP contribution in [-0.2, 0) is 16.9 Å². The molecule has 3 rings (SSSR count). The first-order valence-corrected chi connectivity index (χ1v) is 11.7. The van der Waals surface area contributed by atoms with Crippen LogP contribution in [0.3, 0.4) is 0 Å². The molecule has 0 aromatic heterocycles. The number of halogens is 6. The van der Waals surface area contributed by atoms with Crippen LogP contribution in [0.15, 0.2) is 36.4 Å². The van der Waals surface area contributed by atoms with Crippen LogP contribution in [0.2, 0.25) is 0 Å². The molecule has 16 heteroatoms. The van der Waals surface area contributed by atoms with E-state index in [0.717, 1.165) is 18.2 Å². The lowest BCUT2D eigenvalue weighted by Crippen LogP contribution is -2.47. The number of piperazine rings is 1. The molecule has 2 aromatic rings. The zero-order chi connectivity index (χ0) is 26.2. The average Bonchev–Trinajstić information content (AvgIpc) is 2.75. The van der Waals surface area contributed by atoms with Crippen molar-refractivity contribution in [3.05, 3.63) is 57.6 Å². The van der Waals surface area contributed by atoms with Crippen LogP contribution < -0.4 is 15.1 Å². The van der Waals surface area contributed by atoms with E-state index in [4.69, 9.17) is 9.79 Å². The van der Waals surface area contributed by atoms with Crippen LogP contribution in [0, 0.1) is 10.1 Å². The van der Waals surface area contributed by atoms with Gasteiger partial charge in [-0.2, -0.15) is 26.3 Å². The number of nitro groups is 1. The van der Waals surface area contributed by atoms with Crippen LogP contribution in [0.25, 0.3) is 0 Å². The second kappa shape index (κ2) is 9.55. The van der Waals surface area contributed by atoms with Crippen molar-refractivity contribution in [2.45, 2.75) is 12.4 Å². The second-order valence-electron chi connectivity index (χ2n) is 7.66. The molecule has 2 aromatic carbocycles. The Morgan fingerprint density at radius 1 is 0.971 bits per heavy atom. The van der Waals surface area contributed by atoms with Crippen LogP contribution in [0.1, 0.15) is 11.1 Å². The van der Waals surface area contributed by atoms with Crippen LogP contribution in [0.5, 0.6) is 0 Å². The Bertz CT molecular complexity index is 1150. The van der Waals surface area contributed by atoms with Gasteiger partial charge in [0.2, 0.25) is 0 Å². The summed E-state index contributed by atoms with van der Waals surface area (Å²) in [4.78, 5) is 31.1. The van der Waals surface area contributed by atoms with E-state index in [1.54, 1.807) is 4.90 Å². The number of alkyl halides is 6. The van der Waals surface area contributed by atoms with Gasteiger partial charge in [0.05, 0.1) is 21.7 Å². The monoisotopic (exact) mass is 528 g/mol. The first kappa shape index (κ1) is 26.6. The van der Waals surface area contributed by atoms with Gasteiger partial charge < -0.3 is 24.9 Å². The third kappa shape index (κ3) is 6.55. The van der Waals surface area contributed by atoms with Gasteiger partial charge >= 0.3 is 19.9 Å². The molecular weight excluding hydrogens is 509 g/mol. The number of hydrogen-bond donors (Lipinski definition) is 3. The molecule has 0 saturated carbocycles. The standard InChI is InChI=1S/C19H19F6N4O5P/c20-18(21,22)12-2-1-3-13(8-12)27-4-6-28(7-5-27)16-10-15(26-11-35(32,33)34)17(29(30)31)9-14(16)19(23,24)25/h1-3,8-10,26H,4-7,11H2,(H2,32,33,34). The Morgan fingerprint density at radius 2 is 1.57 bits per heavy atom. The van der Waals surface area contributed by atoms with Crippen LogP contribution in [0.4, 0.5) is 49.1 Å². The van der Waals surface area contributed by atoms with Crippen molar-refractivity contribution in [1.82, 2.24) is 0 Å². The summed E-state index contributed by atoms with van der Waals surface area (Å²) in [5.74, 6) is 0. The van der Waals surface area contributed by atoms with E-state index >= 15 is 0 Å². The third-order valence-corrected chi connectivity index (χ3v) is 5.82. The summed E-state index contributed by atoms with van der Waals surface area (Å²) in [5.41, 5.74) is -3.94. The van der Waals surface area contributed by atoms with E-state index in [1.165, 1.54) is 17.0 Å². The highest BCUT2D eigenvalue weighted by molar-refractivity contribution is 7.51. The summed E-state index contributed by atoms with van der Waals surface area (Å²) in [6.07, 6.45) is -10.6. The molecule has 1 aliphatic heterocycles. The molecule has 35 heavy (non-hydrogen) atoms. The highest BCUT2D eigenvalue weighted by Gasteiger charge is 2.39. The Labute approximate surface area is 194 Å². The summed E-state index contributed by atoms with van der Waals surface area (Å²) < 4.78 is 91.4. The number of benzene rings is 2. The van der Waals surface area contributed by atoms with Crippen molar-refractivity contribution >= 4 is 30.3 Å². The number of rotatable bonds is 6. The molecule has 9 nitrogen and oxygen atoms in total. The van der Waals surface area contributed by atoms with E-state index < -0.39 is 59.3 Å². The van der Waals surface area contributed by atoms with Gasteiger partial charge in [0, 0.05) is 37.9 Å². The Balaban J connectivity index is 1.91. The minimum Gasteiger partial charge on any atom is -0.368 e. The van der Waals surface area contributed by atoms with Gasteiger partial charge in [0.25, 0.3) is 5.69 Å². The third-order valence-electron chi connectivity index (χ3n) is 5.25. The van der Waals surface area contributed by atoms with E-state index in [9.17, 15) is 41.0 Å². The first-order valence-electron chi connectivity index (χ1n) is 9.91. The quantitative estimate of drug-likeness (QED) is 0.217. The van der Waals surface area contributed by atoms with Gasteiger partial charge in [-0.1, -0.05) is 6.07 Å². The molecule has 0 aliphatic carbocycles. The highest BCUT2D eigenvalue weighted by Crippen LogP contribution is 2.44. The van der Waals surface area contributed by atoms with Crippen molar-refractivity contribution in [2.24, 2.45) is 0 Å². The SMILES string of the molecule is O=[N+]([O-])c1cc(C(F)(F)F)c(N2CCN(c3cccc(C(F)(F)F)c3)CC2)cc1NCP(=O)(O)O. The van der Waals surface area contributed by atoms with Gasteiger partial charge in [0.1, 0.15) is 12.0 Å². The molecule has 0 radical (unpaired) electrons. The number of nitrogens with one attached hydrogen (secondary N) is 1. The van der Waals surface area contributed by atoms with E-state index in [1.807, 2.05) is 0 Å². The normalized spacial score (nSPS) is 15.3. The Kier molecular flexibility index (Phi) is 7.25. The molecular formula is C19H19F6N4O5P. The van der Waals surface area contributed by atoms with Gasteiger partial charge in [-0.05, 0) is 24.3 Å². The van der Waals surface area contributed by atoms with Gasteiger partial charge in [0.15, 0.2) is 0 Å². The summed E-state index contributed by atoms with van der Waals surface area (Å²) in [6, 6.07) is 5.60. The van der Waals surface area contributed by atoms with Crippen molar-refractivity contribution in [1.29, 1.82) is 0 Å². The van der Waals surface area contributed by atoms with E-state index in [-0.39, 0.29) is 37.9 Å². The summed E-state index contributed by atoms with van der Waals surface area (Å²) in [5, 5.41) is 13.4. The molecule has 1 fully saturated rings. The molecule has 0 bridgehead atoms. The predicted octanol–water partition coefficient (Wildman–Crippen LogP) is 4.51. The molecule has 0 unspecified atom stereocenters. The summed E-state index contributed by atoms with van der Waals surface area (Å²) >= 11 is 0. The fourth-order valence-corrected chi connectivity index (χ4v) is 4.01. The Hall–Kier alpha value is -3.03. The fraction of sp³-hybridized carbons (Fsp3) is 0.368. The first-order chi connectivity index (χ1) is 16.1. The maximum absolute atomic E-state index is 13.7. The zero-order valence-corrected chi connectivity index (χ0v) is 18.6. The topological polar surface area (TPSA) is 119 Å². The number of nitro benzene ring substituents is 1. The molecule has 1 saturated heterocycles. The lowest BCUT2D eigenvalue weighted by Gasteiger charge is -2.38. The largest absolute Gasteiger partial charge is 0.418 e. The van der Waals surface area contributed by atoms with E-state index in [2.05, 4.69) is 5.32 Å². The van der Waals surface area contributed by atoms with E-state index in [0.29, 0.717) is 0 Å². The lowest BCUT2D eigenvalue weighted by molar-refractivity contribution is -0.384. The van der Waals surface area contributed by atoms with Crippen molar-refractivity contribution in [2.75, 3.05) is 47.6 Å². The minimum atomic E-state index is -4.99. The highest BCUT2D eigenvalue weighted by atomic mass is 31.2. The maximum Gasteiger partial charge on any atom is 0.418 e. The van der Waals surface area contributed by atoms with Crippen LogP contribution in [-0.4, -0.2) is 47.2 Å². The predicted molar refractivity (Wildman–Crippen MR) is 115 cm³/mol. The van der Waals surface area contributed by atoms with Crippen molar-refractivity contribution in [3.63, 3.8) is 0 Å². The molecule has 1 heterocycles. The van der Waals surface area contributed by atoms with Gasteiger partial charge in [-0.15, -0.1) is 0 Å². The molecule has 0 atom stereocenters. The minimum absolute atomic E-state index is 0.0564. The van der Waals surface area contributed by atoms with Crippen molar-refractivity contribution < 1.29 is 45.6 Å².